The number of hydrogen-bond donors (Lipinski definition) is 2. The van der Waals surface area contributed by atoms with Gasteiger partial charge in [-0.25, -0.2) is 0 Å². The third kappa shape index (κ3) is 2.61. The van der Waals surface area contributed by atoms with Crippen molar-refractivity contribution in [3.05, 3.63) is 29.3 Å². The van der Waals surface area contributed by atoms with E-state index in [0.29, 0.717) is 0 Å². The van der Waals surface area contributed by atoms with Crippen molar-refractivity contribution in [2.24, 2.45) is 5.73 Å². The fourth-order valence-corrected chi connectivity index (χ4v) is 2.26. The van der Waals surface area contributed by atoms with E-state index in [-0.39, 0.29) is 24.4 Å². The number of aryl methyl sites for hydroxylation is 1. The summed E-state index contributed by atoms with van der Waals surface area (Å²) in [6.45, 7) is 5.73. The SMILES string of the molecule is Cc1ccc2c(c1)C(N)C(=O)N2CC(=O)NC(C)C. The average Bonchev–Trinajstić information content (AvgIpc) is 2.53. The summed E-state index contributed by atoms with van der Waals surface area (Å²) >= 11 is 0. The van der Waals surface area contributed by atoms with Crippen molar-refractivity contribution in [2.45, 2.75) is 32.9 Å². The minimum absolute atomic E-state index is 0.0147. The van der Waals surface area contributed by atoms with E-state index in [1.807, 2.05) is 39.0 Å². The van der Waals surface area contributed by atoms with Crippen LogP contribution in [-0.4, -0.2) is 24.4 Å². The van der Waals surface area contributed by atoms with Gasteiger partial charge in [0.2, 0.25) is 11.8 Å². The first-order valence-corrected chi connectivity index (χ1v) is 6.37. The standard InChI is InChI=1S/C14H19N3O2/c1-8(2)16-12(18)7-17-11-5-4-9(3)6-10(11)13(15)14(17)19/h4-6,8,13H,7,15H2,1-3H3,(H,16,18). The zero-order chi connectivity index (χ0) is 14.2. The molecule has 19 heavy (non-hydrogen) atoms. The molecule has 2 amide bonds. The maximum atomic E-state index is 12.1. The molecule has 5 heteroatoms. The quantitative estimate of drug-likeness (QED) is 0.847. The van der Waals surface area contributed by atoms with Crippen LogP contribution in [0.2, 0.25) is 0 Å². The van der Waals surface area contributed by atoms with Crippen LogP contribution in [0.5, 0.6) is 0 Å². The van der Waals surface area contributed by atoms with Crippen molar-refractivity contribution < 1.29 is 9.59 Å². The molecule has 0 aromatic heterocycles. The molecule has 1 unspecified atom stereocenters. The Morgan fingerprint density at radius 1 is 1.47 bits per heavy atom. The molecule has 0 fully saturated rings. The number of nitrogens with zero attached hydrogens (tertiary/aromatic N) is 1. The molecule has 2 rings (SSSR count). The maximum Gasteiger partial charge on any atom is 0.249 e. The second kappa shape index (κ2) is 5.01. The van der Waals surface area contributed by atoms with Crippen LogP contribution in [-0.2, 0) is 9.59 Å². The zero-order valence-electron chi connectivity index (χ0n) is 11.4. The van der Waals surface area contributed by atoms with Crippen LogP contribution in [0.1, 0.15) is 31.0 Å². The Morgan fingerprint density at radius 2 is 2.16 bits per heavy atom. The van der Waals surface area contributed by atoms with Crippen LogP contribution >= 0.6 is 0 Å². The van der Waals surface area contributed by atoms with E-state index < -0.39 is 6.04 Å². The van der Waals surface area contributed by atoms with Crippen molar-refractivity contribution in [1.82, 2.24) is 5.32 Å². The molecule has 0 saturated carbocycles. The lowest BCUT2D eigenvalue weighted by Gasteiger charge is -2.18. The van der Waals surface area contributed by atoms with Gasteiger partial charge >= 0.3 is 0 Å². The summed E-state index contributed by atoms with van der Waals surface area (Å²) in [4.78, 5) is 25.4. The van der Waals surface area contributed by atoms with Crippen molar-refractivity contribution in [3.63, 3.8) is 0 Å². The van der Waals surface area contributed by atoms with E-state index in [2.05, 4.69) is 5.32 Å². The van der Waals surface area contributed by atoms with E-state index in [1.165, 1.54) is 4.90 Å². The van der Waals surface area contributed by atoms with Crippen molar-refractivity contribution >= 4 is 17.5 Å². The Bertz CT molecular complexity index is 525. The Hall–Kier alpha value is -1.88. The molecule has 1 aliphatic heterocycles. The van der Waals surface area contributed by atoms with Gasteiger partial charge in [0, 0.05) is 17.3 Å². The van der Waals surface area contributed by atoms with Crippen LogP contribution in [0.3, 0.4) is 0 Å². The van der Waals surface area contributed by atoms with Crippen LogP contribution in [0.15, 0.2) is 18.2 Å². The van der Waals surface area contributed by atoms with Gasteiger partial charge in [0.15, 0.2) is 0 Å². The number of benzene rings is 1. The highest BCUT2D eigenvalue weighted by Gasteiger charge is 2.35. The molecule has 5 nitrogen and oxygen atoms in total. The lowest BCUT2D eigenvalue weighted by Crippen LogP contribution is -2.42. The molecular formula is C14H19N3O2. The number of rotatable bonds is 3. The summed E-state index contributed by atoms with van der Waals surface area (Å²) in [5.74, 6) is -0.400. The fraction of sp³-hybridized carbons (Fsp3) is 0.429. The van der Waals surface area contributed by atoms with E-state index in [9.17, 15) is 9.59 Å². The minimum Gasteiger partial charge on any atom is -0.352 e. The van der Waals surface area contributed by atoms with Crippen molar-refractivity contribution in [1.29, 1.82) is 0 Å². The monoisotopic (exact) mass is 261 g/mol. The molecular weight excluding hydrogens is 242 g/mol. The zero-order valence-corrected chi connectivity index (χ0v) is 11.4. The summed E-state index contributed by atoms with van der Waals surface area (Å²) in [5, 5.41) is 2.77. The van der Waals surface area contributed by atoms with Gasteiger partial charge in [0.25, 0.3) is 0 Å². The molecule has 0 bridgehead atoms. The fourth-order valence-electron chi connectivity index (χ4n) is 2.26. The Morgan fingerprint density at radius 3 is 2.79 bits per heavy atom. The number of fused-ring (bicyclic) bond motifs is 1. The normalized spacial score (nSPS) is 17.8. The number of nitrogens with two attached hydrogens (primary N) is 1. The Kier molecular flexibility index (Phi) is 3.57. The van der Waals surface area contributed by atoms with Gasteiger partial charge < -0.3 is 16.0 Å². The summed E-state index contributed by atoms with van der Waals surface area (Å²) < 4.78 is 0. The number of anilines is 1. The first-order valence-electron chi connectivity index (χ1n) is 6.37. The molecule has 0 spiro atoms. The lowest BCUT2D eigenvalue weighted by atomic mass is 10.1. The molecule has 1 aromatic carbocycles. The van der Waals surface area contributed by atoms with E-state index in [4.69, 9.17) is 5.73 Å². The van der Waals surface area contributed by atoms with E-state index >= 15 is 0 Å². The summed E-state index contributed by atoms with van der Waals surface area (Å²) in [6.07, 6.45) is 0. The number of amides is 2. The van der Waals surface area contributed by atoms with Gasteiger partial charge in [-0.15, -0.1) is 0 Å². The second-order valence-electron chi connectivity index (χ2n) is 5.19. The summed E-state index contributed by atoms with van der Waals surface area (Å²) in [5.41, 5.74) is 8.49. The highest BCUT2D eigenvalue weighted by atomic mass is 16.2. The van der Waals surface area contributed by atoms with Crippen molar-refractivity contribution in [2.75, 3.05) is 11.4 Å². The first-order chi connectivity index (χ1) is 8.90. The topological polar surface area (TPSA) is 75.4 Å². The van der Waals surface area contributed by atoms with Crippen molar-refractivity contribution in [3.8, 4) is 0 Å². The summed E-state index contributed by atoms with van der Waals surface area (Å²) in [6, 6.07) is 5.05. The number of hydrogen-bond acceptors (Lipinski definition) is 3. The minimum atomic E-state index is -0.665. The summed E-state index contributed by atoms with van der Waals surface area (Å²) in [7, 11) is 0. The number of carbonyl (C=O) groups excluding carboxylic acids is 2. The molecule has 0 aliphatic carbocycles. The third-order valence-corrected chi connectivity index (χ3v) is 3.09. The van der Waals surface area contributed by atoms with Gasteiger partial charge in [-0.1, -0.05) is 17.7 Å². The predicted molar refractivity (Wildman–Crippen MR) is 73.7 cm³/mol. The first kappa shape index (κ1) is 13.5. The highest BCUT2D eigenvalue weighted by Crippen LogP contribution is 2.34. The molecule has 3 N–H and O–H groups in total. The molecule has 1 aliphatic rings. The smallest absolute Gasteiger partial charge is 0.249 e. The van der Waals surface area contributed by atoms with Crippen LogP contribution in [0.4, 0.5) is 5.69 Å². The maximum absolute atomic E-state index is 12.1. The molecule has 1 aromatic rings. The number of nitrogens with one attached hydrogen (secondary N) is 1. The molecule has 0 radical (unpaired) electrons. The van der Waals surface area contributed by atoms with Gasteiger partial charge in [-0.3, -0.25) is 9.59 Å². The second-order valence-corrected chi connectivity index (χ2v) is 5.19. The van der Waals surface area contributed by atoms with E-state index in [0.717, 1.165) is 16.8 Å². The van der Waals surface area contributed by atoms with Gasteiger partial charge in [0.05, 0.1) is 0 Å². The number of carbonyl (C=O) groups is 2. The Balaban J connectivity index is 2.24. The molecule has 1 atom stereocenters. The predicted octanol–water partition coefficient (Wildman–Crippen LogP) is 0.866. The molecule has 102 valence electrons. The van der Waals surface area contributed by atoms with Gasteiger partial charge in [0.1, 0.15) is 12.6 Å². The van der Waals surface area contributed by atoms with Crippen LogP contribution < -0.4 is 16.0 Å². The van der Waals surface area contributed by atoms with Crippen LogP contribution in [0, 0.1) is 6.92 Å². The van der Waals surface area contributed by atoms with Gasteiger partial charge in [-0.05, 0) is 26.8 Å². The van der Waals surface area contributed by atoms with E-state index in [1.54, 1.807) is 0 Å². The third-order valence-electron chi connectivity index (χ3n) is 3.09. The Labute approximate surface area is 112 Å². The van der Waals surface area contributed by atoms with Crippen LogP contribution in [0.25, 0.3) is 0 Å². The largest absolute Gasteiger partial charge is 0.352 e. The highest BCUT2D eigenvalue weighted by molar-refractivity contribution is 6.07. The molecule has 1 heterocycles. The molecule has 0 saturated heterocycles. The average molecular weight is 261 g/mol. The van der Waals surface area contributed by atoms with Gasteiger partial charge in [-0.2, -0.15) is 0 Å². The lowest BCUT2D eigenvalue weighted by molar-refractivity contribution is -0.124.